The van der Waals surface area contributed by atoms with Gasteiger partial charge in [-0.25, -0.2) is 9.97 Å². The molecule has 0 radical (unpaired) electrons. The minimum absolute atomic E-state index is 0.522. The zero-order valence-corrected chi connectivity index (χ0v) is 12.2. The fourth-order valence-electron chi connectivity index (χ4n) is 2.07. The summed E-state index contributed by atoms with van der Waals surface area (Å²) in [5.74, 6) is 0.522. The molecule has 0 atom stereocenters. The number of rotatable bonds is 4. The first-order valence-electron chi connectivity index (χ1n) is 6.19. The van der Waals surface area contributed by atoms with Gasteiger partial charge in [0.25, 0.3) is 0 Å². The predicted octanol–water partition coefficient (Wildman–Crippen LogP) is 3.48. The zero-order chi connectivity index (χ0) is 13.9. The van der Waals surface area contributed by atoms with Crippen LogP contribution in [0.5, 0.6) is 0 Å². The van der Waals surface area contributed by atoms with E-state index in [0.717, 1.165) is 28.6 Å². The molecule has 3 rings (SSSR count). The third-order valence-electron chi connectivity index (χ3n) is 3.05. The van der Waals surface area contributed by atoms with Gasteiger partial charge in [-0.15, -0.1) is 11.3 Å². The summed E-state index contributed by atoms with van der Waals surface area (Å²) in [6, 6.07) is 7.82. The standard InChI is InChI=1S/C14H13ClN4S/c15-13-4-3-10(20-13)5-7-19-9-17-8-12(19)11-2-1-6-18-14(11)16/h1-4,6,8-9H,5,7H2,(H2,16,18). The van der Waals surface area contributed by atoms with Gasteiger partial charge in [0.2, 0.25) is 0 Å². The number of hydrogen-bond acceptors (Lipinski definition) is 4. The molecule has 3 heterocycles. The van der Waals surface area contributed by atoms with Gasteiger partial charge in [-0.3, -0.25) is 0 Å². The van der Waals surface area contributed by atoms with E-state index in [1.54, 1.807) is 17.5 Å². The Kier molecular flexibility index (Phi) is 3.71. The first-order chi connectivity index (χ1) is 9.74. The number of aryl methyl sites for hydroxylation is 2. The number of nitrogens with two attached hydrogens (primary N) is 1. The minimum Gasteiger partial charge on any atom is -0.383 e. The van der Waals surface area contributed by atoms with Crippen LogP contribution in [0.25, 0.3) is 11.3 Å². The lowest BCUT2D eigenvalue weighted by Crippen LogP contribution is -2.03. The van der Waals surface area contributed by atoms with Gasteiger partial charge >= 0.3 is 0 Å². The van der Waals surface area contributed by atoms with Crippen LogP contribution in [0, 0.1) is 0 Å². The van der Waals surface area contributed by atoms with Crippen molar-refractivity contribution in [2.75, 3.05) is 5.73 Å². The molecule has 6 heteroatoms. The summed E-state index contributed by atoms with van der Waals surface area (Å²) in [4.78, 5) is 9.59. The monoisotopic (exact) mass is 304 g/mol. The highest BCUT2D eigenvalue weighted by Crippen LogP contribution is 2.25. The summed E-state index contributed by atoms with van der Waals surface area (Å²) in [6.07, 6.45) is 6.24. The van der Waals surface area contributed by atoms with Gasteiger partial charge < -0.3 is 10.3 Å². The molecule has 0 saturated carbocycles. The Morgan fingerprint density at radius 3 is 2.95 bits per heavy atom. The SMILES string of the molecule is Nc1ncccc1-c1cncn1CCc1ccc(Cl)s1. The molecule has 3 aromatic heterocycles. The number of nitrogen functional groups attached to an aromatic ring is 1. The number of aromatic nitrogens is 3. The third kappa shape index (κ3) is 2.69. The van der Waals surface area contributed by atoms with Crippen molar-refractivity contribution in [2.24, 2.45) is 0 Å². The molecule has 102 valence electrons. The van der Waals surface area contributed by atoms with Gasteiger partial charge in [0.15, 0.2) is 0 Å². The van der Waals surface area contributed by atoms with Gasteiger partial charge in [0, 0.05) is 23.2 Å². The molecule has 0 aromatic carbocycles. The van der Waals surface area contributed by atoms with E-state index in [2.05, 4.69) is 20.6 Å². The van der Waals surface area contributed by atoms with E-state index in [4.69, 9.17) is 17.3 Å². The van der Waals surface area contributed by atoms with Crippen molar-refractivity contribution in [1.29, 1.82) is 0 Å². The Balaban J connectivity index is 1.82. The first-order valence-corrected chi connectivity index (χ1v) is 7.38. The summed E-state index contributed by atoms with van der Waals surface area (Å²) in [5, 5.41) is 0. The summed E-state index contributed by atoms with van der Waals surface area (Å²) in [6.45, 7) is 0.834. The Bertz CT molecular complexity index is 719. The van der Waals surface area contributed by atoms with Gasteiger partial charge in [-0.05, 0) is 30.7 Å². The highest BCUT2D eigenvalue weighted by Gasteiger charge is 2.09. The van der Waals surface area contributed by atoms with E-state index in [-0.39, 0.29) is 0 Å². The second-order valence-electron chi connectivity index (χ2n) is 4.36. The largest absolute Gasteiger partial charge is 0.383 e. The Morgan fingerprint density at radius 2 is 2.20 bits per heavy atom. The fourth-order valence-corrected chi connectivity index (χ4v) is 3.15. The van der Waals surface area contributed by atoms with Crippen LogP contribution in [0.1, 0.15) is 4.88 Å². The van der Waals surface area contributed by atoms with E-state index >= 15 is 0 Å². The average Bonchev–Trinajstić information content (AvgIpc) is 3.06. The van der Waals surface area contributed by atoms with Gasteiger partial charge in [-0.1, -0.05) is 11.6 Å². The van der Waals surface area contributed by atoms with Crippen molar-refractivity contribution < 1.29 is 0 Å². The lowest BCUT2D eigenvalue weighted by Gasteiger charge is -2.08. The molecular formula is C14H13ClN4S. The summed E-state index contributed by atoms with van der Waals surface area (Å²) in [7, 11) is 0. The molecule has 0 saturated heterocycles. The highest BCUT2D eigenvalue weighted by molar-refractivity contribution is 7.16. The van der Waals surface area contributed by atoms with Gasteiger partial charge in [0.1, 0.15) is 5.82 Å². The van der Waals surface area contributed by atoms with Crippen molar-refractivity contribution >= 4 is 28.8 Å². The van der Waals surface area contributed by atoms with Crippen LogP contribution >= 0.6 is 22.9 Å². The molecule has 0 aliphatic heterocycles. The van der Waals surface area contributed by atoms with E-state index < -0.39 is 0 Å². The second-order valence-corrected chi connectivity index (χ2v) is 6.16. The van der Waals surface area contributed by atoms with Crippen LogP contribution in [0.4, 0.5) is 5.82 Å². The molecule has 0 bridgehead atoms. The molecule has 0 spiro atoms. The molecule has 0 aliphatic rings. The normalized spacial score (nSPS) is 10.8. The predicted molar refractivity (Wildman–Crippen MR) is 82.9 cm³/mol. The van der Waals surface area contributed by atoms with Crippen LogP contribution < -0.4 is 5.73 Å². The number of anilines is 1. The zero-order valence-electron chi connectivity index (χ0n) is 10.7. The third-order valence-corrected chi connectivity index (χ3v) is 4.35. The number of imidazole rings is 1. The molecule has 4 nitrogen and oxygen atoms in total. The van der Waals surface area contributed by atoms with Crippen molar-refractivity contribution in [3.8, 4) is 11.3 Å². The molecule has 0 aliphatic carbocycles. The van der Waals surface area contributed by atoms with Crippen LogP contribution in [0.2, 0.25) is 4.34 Å². The number of hydrogen-bond donors (Lipinski definition) is 1. The van der Waals surface area contributed by atoms with Crippen molar-refractivity contribution in [1.82, 2.24) is 14.5 Å². The van der Waals surface area contributed by atoms with Crippen LogP contribution in [-0.2, 0) is 13.0 Å². The van der Waals surface area contributed by atoms with Gasteiger partial charge in [-0.2, -0.15) is 0 Å². The Morgan fingerprint density at radius 1 is 1.30 bits per heavy atom. The lowest BCUT2D eigenvalue weighted by atomic mass is 10.2. The molecular weight excluding hydrogens is 292 g/mol. The maximum absolute atomic E-state index is 5.94. The van der Waals surface area contributed by atoms with Crippen molar-refractivity contribution in [2.45, 2.75) is 13.0 Å². The second kappa shape index (κ2) is 5.64. The first kappa shape index (κ1) is 13.1. The molecule has 0 amide bonds. The average molecular weight is 305 g/mol. The van der Waals surface area contributed by atoms with E-state index in [9.17, 15) is 0 Å². The quantitative estimate of drug-likeness (QED) is 0.803. The highest BCUT2D eigenvalue weighted by atomic mass is 35.5. The summed E-state index contributed by atoms with van der Waals surface area (Å²) < 4.78 is 2.91. The maximum Gasteiger partial charge on any atom is 0.132 e. The van der Waals surface area contributed by atoms with Crippen LogP contribution in [0.3, 0.4) is 0 Å². The maximum atomic E-state index is 5.94. The summed E-state index contributed by atoms with van der Waals surface area (Å²) >= 11 is 7.55. The van der Waals surface area contributed by atoms with Crippen molar-refractivity contribution in [3.05, 3.63) is 52.2 Å². The lowest BCUT2D eigenvalue weighted by molar-refractivity contribution is 0.707. The van der Waals surface area contributed by atoms with Crippen LogP contribution in [-0.4, -0.2) is 14.5 Å². The van der Waals surface area contributed by atoms with E-state index in [1.165, 1.54) is 4.88 Å². The summed E-state index contributed by atoms with van der Waals surface area (Å²) in [5.41, 5.74) is 7.82. The Hall–Kier alpha value is -1.85. The van der Waals surface area contributed by atoms with Crippen LogP contribution in [0.15, 0.2) is 43.0 Å². The molecule has 20 heavy (non-hydrogen) atoms. The minimum atomic E-state index is 0.522. The number of thiophene rings is 1. The van der Waals surface area contributed by atoms with E-state index in [0.29, 0.717) is 5.82 Å². The van der Waals surface area contributed by atoms with Gasteiger partial charge in [0.05, 0.1) is 22.6 Å². The molecule has 2 N–H and O–H groups in total. The number of halogens is 1. The number of pyridine rings is 1. The number of nitrogens with zero attached hydrogens (tertiary/aromatic N) is 3. The smallest absolute Gasteiger partial charge is 0.132 e. The topological polar surface area (TPSA) is 56.7 Å². The van der Waals surface area contributed by atoms with Crippen molar-refractivity contribution in [3.63, 3.8) is 0 Å². The fraction of sp³-hybridized carbons (Fsp3) is 0.143. The molecule has 0 fully saturated rings. The molecule has 3 aromatic rings. The molecule has 0 unspecified atom stereocenters. The van der Waals surface area contributed by atoms with E-state index in [1.807, 2.05) is 30.7 Å². The Labute approximate surface area is 125 Å².